The van der Waals surface area contributed by atoms with Gasteiger partial charge < -0.3 is 5.11 Å². The van der Waals surface area contributed by atoms with Crippen LogP contribution in [0.3, 0.4) is 0 Å². The summed E-state index contributed by atoms with van der Waals surface area (Å²) >= 11 is 3.06. The second-order valence-corrected chi connectivity index (χ2v) is 6.31. The summed E-state index contributed by atoms with van der Waals surface area (Å²) < 4.78 is 24.0. The Hall–Kier alpha value is -1.14. The molecule has 0 saturated heterocycles. The van der Waals surface area contributed by atoms with Gasteiger partial charge in [-0.3, -0.25) is 0 Å². The molecule has 6 heteroatoms. The predicted molar refractivity (Wildman–Crippen MR) is 68.0 cm³/mol. The number of carbonyl (C=O) groups is 1. The molecule has 1 N–H and O–H groups in total. The average molecular weight is 319 g/mol. The Morgan fingerprint density at radius 2 is 2.12 bits per heavy atom. The minimum Gasteiger partial charge on any atom is -0.478 e. The van der Waals surface area contributed by atoms with E-state index in [2.05, 4.69) is 22.5 Å². The van der Waals surface area contributed by atoms with Gasteiger partial charge in [-0.25, -0.2) is 13.2 Å². The first-order valence-corrected chi connectivity index (χ1v) is 7.19. The molecule has 0 amide bonds. The highest BCUT2D eigenvalue weighted by Gasteiger charge is 2.17. The first kappa shape index (κ1) is 13.9. The Balaban J connectivity index is 3.20. The summed E-state index contributed by atoms with van der Waals surface area (Å²) in [4.78, 5) is 10.9. The fourth-order valence-electron chi connectivity index (χ4n) is 1.22. The molecule has 92 valence electrons. The van der Waals surface area contributed by atoms with E-state index in [0.717, 1.165) is 6.07 Å². The molecule has 1 aromatic carbocycles. The van der Waals surface area contributed by atoms with Crippen LogP contribution in [0.2, 0.25) is 0 Å². The lowest BCUT2D eigenvalue weighted by Gasteiger charge is -2.05. The van der Waals surface area contributed by atoms with Crippen molar-refractivity contribution in [1.82, 2.24) is 0 Å². The van der Waals surface area contributed by atoms with E-state index in [4.69, 9.17) is 5.11 Å². The molecule has 4 nitrogen and oxygen atoms in total. The molecule has 1 aromatic rings. The van der Waals surface area contributed by atoms with E-state index in [9.17, 15) is 13.2 Å². The van der Waals surface area contributed by atoms with Crippen molar-refractivity contribution in [3.63, 3.8) is 0 Å². The third-order valence-corrected chi connectivity index (χ3v) is 4.55. The lowest BCUT2D eigenvalue weighted by Crippen LogP contribution is -2.08. The zero-order chi connectivity index (χ0) is 13.1. The second-order valence-electron chi connectivity index (χ2n) is 3.34. The maximum atomic E-state index is 11.8. The lowest BCUT2D eigenvalue weighted by atomic mass is 10.2. The van der Waals surface area contributed by atoms with Crippen molar-refractivity contribution in [2.45, 2.75) is 11.3 Å². The molecule has 17 heavy (non-hydrogen) atoms. The molecule has 0 atom stereocenters. The maximum absolute atomic E-state index is 11.8. The number of hydrogen-bond acceptors (Lipinski definition) is 3. The quantitative estimate of drug-likeness (QED) is 0.847. The fourth-order valence-corrected chi connectivity index (χ4v) is 2.92. The molecule has 0 spiro atoms. The highest BCUT2D eigenvalue weighted by atomic mass is 79.9. The van der Waals surface area contributed by atoms with Crippen molar-refractivity contribution < 1.29 is 18.3 Å². The Morgan fingerprint density at radius 1 is 1.47 bits per heavy atom. The van der Waals surface area contributed by atoms with E-state index in [1.807, 2.05) is 0 Å². The Labute approximate surface area is 108 Å². The summed E-state index contributed by atoms with van der Waals surface area (Å²) in [6.07, 6.45) is 1.84. The van der Waals surface area contributed by atoms with E-state index in [-0.39, 0.29) is 16.2 Å². The largest absolute Gasteiger partial charge is 0.478 e. The number of aromatic carboxylic acids is 1. The van der Waals surface area contributed by atoms with Gasteiger partial charge >= 0.3 is 5.97 Å². The van der Waals surface area contributed by atoms with Crippen LogP contribution in [0.15, 0.2) is 40.2 Å². The van der Waals surface area contributed by atoms with Crippen molar-refractivity contribution in [1.29, 1.82) is 0 Å². The van der Waals surface area contributed by atoms with Crippen LogP contribution in [0.25, 0.3) is 0 Å². The molecule has 0 bridgehead atoms. The number of benzene rings is 1. The van der Waals surface area contributed by atoms with Gasteiger partial charge in [0, 0.05) is 4.47 Å². The highest BCUT2D eigenvalue weighted by molar-refractivity contribution is 9.10. The normalized spacial score (nSPS) is 11.1. The molecule has 1 rings (SSSR count). The number of hydrogen-bond donors (Lipinski definition) is 1. The Morgan fingerprint density at radius 3 is 2.65 bits per heavy atom. The van der Waals surface area contributed by atoms with Crippen molar-refractivity contribution >= 4 is 31.7 Å². The number of rotatable bonds is 5. The van der Waals surface area contributed by atoms with Gasteiger partial charge in [0.05, 0.1) is 16.2 Å². The molecule has 0 fully saturated rings. The minimum absolute atomic E-state index is 0.0138. The smallest absolute Gasteiger partial charge is 0.336 e. The molecular weight excluding hydrogens is 308 g/mol. The zero-order valence-electron chi connectivity index (χ0n) is 8.89. The van der Waals surface area contributed by atoms with Crippen LogP contribution in [0, 0.1) is 0 Å². The summed E-state index contributed by atoms with van der Waals surface area (Å²) in [5.74, 6) is -1.24. The van der Waals surface area contributed by atoms with Crippen molar-refractivity contribution in [3.8, 4) is 0 Å². The number of halogens is 1. The van der Waals surface area contributed by atoms with Gasteiger partial charge in [-0.1, -0.05) is 6.08 Å². The van der Waals surface area contributed by atoms with Gasteiger partial charge in [0.15, 0.2) is 9.84 Å². The van der Waals surface area contributed by atoms with Gasteiger partial charge in [0.2, 0.25) is 0 Å². The fraction of sp³-hybridized carbons (Fsp3) is 0.182. The standard InChI is InChI=1S/C11H11BrO4S/c1-2-3-6-17(15,16)8-4-5-10(12)9(7-8)11(13)14/h2,4-5,7H,1,3,6H2,(H,13,14). The molecule has 0 aliphatic carbocycles. The van der Waals surface area contributed by atoms with Crippen molar-refractivity contribution in [2.24, 2.45) is 0 Å². The first-order chi connectivity index (χ1) is 7.88. The molecule has 0 aliphatic rings. The maximum Gasteiger partial charge on any atom is 0.336 e. The van der Waals surface area contributed by atoms with Gasteiger partial charge in [0.25, 0.3) is 0 Å². The second kappa shape index (κ2) is 5.46. The van der Waals surface area contributed by atoms with Crippen molar-refractivity contribution in [3.05, 3.63) is 40.9 Å². The predicted octanol–water partition coefficient (Wildman–Crippen LogP) is 2.50. The van der Waals surface area contributed by atoms with Crippen LogP contribution < -0.4 is 0 Å². The highest BCUT2D eigenvalue weighted by Crippen LogP contribution is 2.22. The number of carboxylic acids is 1. The summed E-state index contributed by atoms with van der Waals surface area (Å²) in [7, 11) is -3.45. The topological polar surface area (TPSA) is 71.4 Å². The number of allylic oxidation sites excluding steroid dienone is 1. The molecule has 0 aliphatic heterocycles. The monoisotopic (exact) mass is 318 g/mol. The lowest BCUT2D eigenvalue weighted by molar-refractivity contribution is 0.0695. The molecule has 0 aromatic heterocycles. The van der Waals surface area contributed by atoms with E-state index in [0.29, 0.717) is 10.9 Å². The van der Waals surface area contributed by atoms with Crippen LogP contribution in [-0.2, 0) is 9.84 Å². The zero-order valence-corrected chi connectivity index (χ0v) is 11.3. The van der Waals surface area contributed by atoms with Crippen LogP contribution in [0.1, 0.15) is 16.8 Å². The summed E-state index contributed by atoms with van der Waals surface area (Å²) in [5.41, 5.74) is -0.0651. The van der Waals surface area contributed by atoms with Crippen LogP contribution in [-0.4, -0.2) is 25.2 Å². The van der Waals surface area contributed by atoms with Crippen LogP contribution in [0.5, 0.6) is 0 Å². The van der Waals surface area contributed by atoms with Crippen molar-refractivity contribution in [2.75, 3.05) is 5.75 Å². The molecular formula is C11H11BrO4S. The van der Waals surface area contributed by atoms with Gasteiger partial charge in [-0.15, -0.1) is 6.58 Å². The van der Waals surface area contributed by atoms with E-state index in [1.54, 1.807) is 0 Å². The van der Waals surface area contributed by atoms with E-state index >= 15 is 0 Å². The molecule has 0 radical (unpaired) electrons. The van der Waals surface area contributed by atoms with Crippen LogP contribution in [0.4, 0.5) is 0 Å². The first-order valence-electron chi connectivity index (χ1n) is 4.75. The van der Waals surface area contributed by atoms with E-state index in [1.165, 1.54) is 18.2 Å². The molecule has 0 unspecified atom stereocenters. The third kappa shape index (κ3) is 3.41. The molecule has 0 heterocycles. The Bertz CT molecular complexity index is 549. The van der Waals surface area contributed by atoms with Crippen LogP contribution >= 0.6 is 15.9 Å². The van der Waals surface area contributed by atoms with E-state index < -0.39 is 15.8 Å². The SMILES string of the molecule is C=CCCS(=O)(=O)c1ccc(Br)c(C(=O)O)c1. The summed E-state index contributed by atoms with van der Waals surface area (Å²) in [6.45, 7) is 3.45. The summed E-state index contributed by atoms with van der Waals surface area (Å²) in [6, 6.07) is 3.96. The van der Waals surface area contributed by atoms with Gasteiger partial charge in [-0.05, 0) is 40.5 Å². The Kier molecular flexibility index (Phi) is 4.47. The average Bonchev–Trinajstić information content (AvgIpc) is 2.26. The number of sulfone groups is 1. The summed E-state index contributed by atoms with van der Waals surface area (Å²) in [5, 5.41) is 8.89. The third-order valence-electron chi connectivity index (χ3n) is 2.12. The number of carboxylic acid groups (broad SMARTS) is 1. The minimum atomic E-state index is -3.45. The molecule has 0 saturated carbocycles. The van der Waals surface area contributed by atoms with Gasteiger partial charge in [0.1, 0.15) is 0 Å². The van der Waals surface area contributed by atoms with Gasteiger partial charge in [-0.2, -0.15) is 0 Å².